The van der Waals surface area contributed by atoms with Crippen LogP contribution >= 0.6 is 0 Å². The maximum Gasteiger partial charge on any atom is 2.00 e. The summed E-state index contributed by atoms with van der Waals surface area (Å²) in [6.45, 7) is 1.86. The third-order valence-electron chi connectivity index (χ3n) is 6.08. The summed E-state index contributed by atoms with van der Waals surface area (Å²) in [7, 11) is 0. The van der Waals surface area contributed by atoms with Gasteiger partial charge in [0.15, 0.2) is 0 Å². The first-order chi connectivity index (χ1) is 17.7. The molecule has 5 rings (SSSR count). The van der Waals surface area contributed by atoms with E-state index in [-0.39, 0.29) is 38.0 Å². The first kappa shape index (κ1) is 27.3. The first-order valence-electron chi connectivity index (χ1n) is 11.1. The Hall–Kier alpha value is -3.71. The Morgan fingerprint density at radius 1 is 0.816 bits per heavy atom. The SMILES string of the molecule is CC(c1ccccc1)(c1cccc(-c2[c-]cc(F)nc2F)n1)c1ccn(-c2[c-]ccc(C(F)(F)F)c2)n1.[Pt+2]. The molecule has 1 unspecified atom stereocenters. The summed E-state index contributed by atoms with van der Waals surface area (Å²) in [5.41, 5.74) is 0.158. The summed E-state index contributed by atoms with van der Waals surface area (Å²) in [6.07, 6.45) is -2.96. The van der Waals surface area contributed by atoms with Crippen LogP contribution in [0.3, 0.4) is 0 Å². The van der Waals surface area contributed by atoms with Gasteiger partial charge in [0.1, 0.15) is 11.9 Å². The number of benzene rings is 2. The van der Waals surface area contributed by atoms with E-state index in [9.17, 15) is 22.0 Å². The molecule has 5 aromatic rings. The maximum atomic E-state index is 14.4. The van der Waals surface area contributed by atoms with E-state index in [1.165, 1.54) is 10.7 Å². The van der Waals surface area contributed by atoms with Gasteiger partial charge in [-0.15, -0.1) is 12.1 Å². The van der Waals surface area contributed by atoms with Crippen LogP contribution in [0.15, 0.2) is 85.1 Å². The normalized spacial score (nSPS) is 13.0. The average molecular weight is 700 g/mol. The van der Waals surface area contributed by atoms with Crippen molar-refractivity contribution in [2.24, 2.45) is 0 Å². The predicted molar refractivity (Wildman–Crippen MR) is 126 cm³/mol. The first-order valence-corrected chi connectivity index (χ1v) is 11.1. The zero-order valence-electron chi connectivity index (χ0n) is 19.6. The minimum Gasteiger partial charge on any atom is -0.300 e. The second kappa shape index (κ2) is 10.6. The summed E-state index contributed by atoms with van der Waals surface area (Å²) >= 11 is 0. The van der Waals surface area contributed by atoms with E-state index in [4.69, 9.17) is 0 Å². The molecule has 1 atom stereocenters. The second-order valence-corrected chi connectivity index (χ2v) is 8.39. The third-order valence-corrected chi connectivity index (χ3v) is 6.08. The molecular formula is C28H17F5N4Pt. The topological polar surface area (TPSA) is 43.6 Å². The summed E-state index contributed by atoms with van der Waals surface area (Å²) < 4.78 is 68.8. The van der Waals surface area contributed by atoms with Crippen LogP contribution < -0.4 is 0 Å². The number of halogens is 5. The van der Waals surface area contributed by atoms with Crippen LogP contribution in [-0.2, 0) is 32.7 Å². The van der Waals surface area contributed by atoms with E-state index in [0.29, 0.717) is 11.4 Å². The Labute approximate surface area is 229 Å². The van der Waals surface area contributed by atoms with Crippen LogP contribution in [-0.4, -0.2) is 19.7 Å². The Morgan fingerprint density at radius 3 is 2.29 bits per heavy atom. The molecule has 0 aliphatic carbocycles. The van der Waals surface area contributed by atoms with Crippen molar-refractivity contribution in [3.05, 3.63) is 132 Å². The minimum atomic E-state index is -4.51. The maximum absolute atomic E-state index is 14.4. The Bertz CT molecular complexity index is 1570. The van der Waals surface area contributed by atoms with Gasteiger partial charge in [0.25, 0.3) is 0 Å². The molecule has 0 N–H and O–H groups in total. The second-order valence-electron chi connectivity index (χ2n) is 8.39. The number of pyridine rings is 2. The van der Waals surface area contributed by atoms with Gasteiger partial charge in [-0.1, -0.05) is 59.7 Å². The number of hydrogen-bond acceptors (Lipinski definition) is 3. The zero-order valence-corrected chi connectivity index (χ0v) is 21.9. The zero-order chi connectivity index (χ0) is 26.2. The van der Waals surface area contributed by atoms with Gasteiger partial charge >= 0.3 is 27.2 Å². The van der Waals surface area contributed by atoms with Gasteiger partial charge in [-0.2, -0.15) is 36.5 Å². The molecule has 194 valence electrons. The van der Waals surface area contributed by atoms with Crippen molar-refractivity contribution < 1.29 is 43.0 Å². The van der Waals surface area contributed by atoms with E-state index in [1.54, 1.807) is 30.5 Å². The number of hydrogen-bond donors (Lipinski definition) is 0. The van der Waals surface area contributed by atoms with Gasteiger partial charge in [-0.05, 0) is 36.0 Å². The molecule has 0 fully saturated rings. The van der Waals surface area contributed by atoms with Crippen LogP contribution in [0.4, 0.5) is 22.0 Å². The molecule has 0 aliphatic rings. The van der Waals surface area contributed by atoms with Crippen molar-refractivity contribution in [3.8, 4) is 16.9 Å². The van der Waals surface area contributed by atoms with Crippen molar-refractivity contribution in [1.82, 2.24) is 19.7 Å². The molecule has 0 aliphatic heterocycles. The number of nitrogens with zero attached hydrogens (tertiary/aromatic N) is 4. The van der Waals surface area contributed by atoms with Crippen LogP contribution in [0.2, 0.25) is 0 Å². The summed E-state index contributed by atoms with van der Waals surface area (Å²) in [6, 6.07) is 25.3. The van der Waals surface area contributed by atoms with Gasteiger partial charge in [-0.25, -0.2) is 8.78 Å². The molecule has 0 amide bonds. The Morgan fingerprint density at radius 2 is 1.58 bits per heavy atom. The number of rotatable bonds is 5. The number of alkyl halides is 3. The van der Waals surface area contributed by atoms with E-state index in [0.717, 1.165) is 23.8 Å². The molecule has 38 heavy (non-hydrogen) atoms. The largest absolute Gasteiger partial charge is 2.00 e. The molecule has 4 nitrogen and oxygen atoms in total. The standard InChI is InChI=1S/C28H17F5N4.Pt/c1-27(18-7-3-2-4-8-18,23-12-6-11-22(34-23)21-13-14-25(29)35-26(21)30)24-15-16-37(36-24)20-10-5-9-19(17-20)28(31,32)33;/h2-9,11-12,14-17H,1H3;/q-2;+2. The number of aromatic nitrogens is 4. The van der Waals surface area contributed by atoms with Crippen LogP contribution in [0.5, 0.6) is 0 Å². The molecule has 0 spiro atoms. The third kappa shape index (κ3) is 5.16. The van der Waals surface area contributed by atoms with Crippen LogP contribution in [0.25, 0.3) is 16.9 Å². The molecule has 0 saturated heterocycles. The van der Waals surface area contributed by atoms with Crippen molar-refractivity contribution >= 4 is 0 Å². The van der Waals surface area contributed by atoms with Gasteiger partial charge in [-0.3, -0.25) is 14.6 Å². The van der Waals surface area contributed by atoms with Gasteiger partial charge in [0, 0.05) is 11.9 Å². The van der Waals surface area contributed by atoms with Crippen LogP contribution in [0, 0.1) is 24.0 Å². The molecule has 3 heterocycles. The summed E-state index contributed by atoms with van der Waals surface area (Å²) in [5, 5.41) is 4.59. The molecule has 0 saturated carbocycles. The quantitative estimate of drug-likeness (QED) is 0.118. The monoisotopic (exact) mass is 699 g/mol. The minimum absolute atomic E-state index is 0. The molecule has 3 aromatic heterocycles. The van der Waals surface area contributed by atoms with Crippen molar-refractivity contribution in [1.29, 1.82) is 0 Å². The summed E-state index contributed by atoms with van der Waals surface area (Å²) in [5.74, 6) is -2.04. The molecule has 0 radical (unpaired) electrons. The molecule has 2 aromatic carbocycles. The Kier molecular flexibility index (Phi) is 7.60. The van der Waals surface area contributed by atoms with E-state index in [2.05, 4.69) is 27.2 Å². The molecule has 10 heteroatoms. The fourth-order valence-corrected chi connectivity index (χ4v) is 4.09. The Balaban J connectivity index is 0.00000336. The summed E-state index contributed by atoms with van der Waals surface area (Å²) in [4.78, 5) is 7.86. The van der Waals surface area contributed by atoms with E-state index >= 15 is 0 Å². The van der Waals surface area contributed by atoms with Crippen LogP contribution in [0.1, 0.15) is 29.4 Å². The van der Waals surface area contributed by atoms with Gasteiger partial charge in [0.05, 0.1) is 11.1 Å². The van der Waals surface area contributed by atoms with Gasteiger partial charge in [0.2, 0.25) is 0 Å². The van der Waals surface area contributed by atoms with Crippen molar-refractivity contribution in [2.45, 2.75) is 18.5 Å². The van der Waals surface area contributed by atoms with E-state index < -0.39 is 29.1 Å². The van der Waals surface area contributed by atoms with Crippen molar-refractivity contribution in [3.63, 3.8) is 0 Å². The smallest absolute Gasteiger partial charge is 0.300 e. The fourth-order valence-electron chi connectivity index (χ4n) is 4.09. The average Bonchev–Trinajstić information content (AvgIpc) is 3.39. The fraction of sp³-hybridized carbons (Fsp3) is 0.107. The molecule has 0 bridgehead atoms. The molecular weight excluding hydrogens is 682 g/mol. The van der Waals surface area contributed by atoms with Gasteiger partial charge < -0.3 is 0 Å². The predicted octanol–water partition coefficient (Wildman–Crippen LogP) is 6.58. The van der Waals surface area contributed by atoms with Crippen molar-refractivity contribution in [2.75, 3.05) is 0 Å². The van der Waals surface area contributed by atoms with E-state index in [1.807, 2.05) is 37.3 Å².